The van der Waals surface area contributed by atoms with E-state index >= 15 is 0 Å². The third-order valence-electron chi connectivity index (χ3n) is 3.65. The maximum Gasteiger partial charge on any atom is 0.233 e. The van der Waals surface area contributed by atoms with Gasteiger partial charge in [-0.2, -0.15) is 0 Å². The summed E-state index contributed by atoms with van der Waals surface area (Å²) >= 11 is 3.43. The standard InChI is InChI=1S/C14H20BrClO3S/c1-4-14(5-2,10-20(16,17)18)9-19-12-6-7-13(15)11(3)8-12/h6-8H,4-5,9-10H2,1-3H3. The highest BCUT2D eigenvalue weighted by atomic mass is 79.9. The van der Waals surface area contributed by atoms with E-state index < -0.39 is 14.5 Å². The van der Waals surface area contributed by atoms with Crippen molar-refractivity contribution in [2.24, 2.45) is 5.41 Å². The van der Waals surface area contributed by atoms with Crippen molar-refractivity contribution in [3.8, 4) is 5.75 Å². The minimum atomic E-state index is -3.54. The monoisotopic (exact) mass is 382 g/mol. The van der Waals surface area contributed by atoms with Gasteiger partial charge < -0.3 is 4.74 Å². The Morgan fingerprint density at radius 3 is 2.35 bits per heavy atom. The molecule has 0 atom stereocenters. The van der Waals surface area contributed by atoms with E-state index in [0.29, 0.717) is 19.4 Å². The Labute approximate surface area is 134 Å². The first kappa shape index (κ1) is 17.8. The van der Waals surface area contributed by atoms with Crippen LogP contribution in [0.4, 0.5) is 0 Å². The third-order valence-corrected chi connectivity index (χ3v) is 5.83. The van der Waals surface area contributed by atoms with Crippen LogP contribution in [-0.2, 0) is 9.05 Å². The highest BCUT2D eigenvalue weighted by Crippen LogP contribution is 2.31. The molecule has 1 aromatic carbocycles. The minimum Gasteiger partial charge on any atom is -0.493 e. The highest BCUT2D eigenvalue weighted by Gasteiger charge is 2.32. The summed E-state index contributed by atoms with van der Waals surface area (Å²) in [6.07, 6.45) is 1.40. The maximum absolute atomic E-state index is 11.4. The van der Waals surface area contributed by atoms with Crippen LogP contribution in [0, 0.1) is 12.3 Å². The van der Waals surface area contributed by atoms with Crippen LogP contribution in [-0.4, -0.2) is 20.8 Å². The molecule has 0 aromatic heterocycles. The van der Waals surface area contributed by atoms with E-state index in [1.54, 1.807) is 0 Å². The lowest BCUT2D eigenvalue weighted by Crippen LogP contribution is -2.33. The average molecular weight is 384 g/mol. The van der Waals surface area contributed by atoms with Crippen molar-refractivity contribution in [2.45, 2.75) is 33.6 Å². The number of hydrogen-bond acceptors (Lipinski definition) is 3. The number of aryl methyl sites for hydroxylation is 1. The molecule has 0 radical (unpaired) electrons. The van der Waals surface area contributed by atoms with Gasteiger partial charge in [0, 0.05) is 20.6 Å². The molecule has 0 spiro atoms. The first-order valence-corrected chi connectivity index (χ1v) is 9.80. The summed E-state index contributed by atoms with van der Waals surface area (Å²) in [4.78, 5) is 0. The van der Waals surface area contributed by atoms with E-state index in [2.05, 4.69) is 15.9 Å². The van der Waals surface area contributed by atoms with E-state index in [1.165, 1.54) is 0 Å². The third kappa shape index (κ3) is 5.26. The van der Waals surface area contributed by atoms with Crippen LogP contribution < -0.4 is 4.74 Å². The molecule has 0 aliphatic carbocycles. The number of benzene rings is 1. The molecule has 1 aromatic rings. The summed E-state index contributed by atoms with van der Waals surface area (Å²) in [6, 6.07) is 5.71. The van der Waals surface area contributed by atoms with Gasteiger partial charge in [0.15, 0.2) is 0 Å². The first-order valence-electron chi connectivity index (χ1n) is 6.52. The molecule has 6 heteroatoms. The van der Waals surface area contributed by atoms with E-state index in [9.17, 15) is 8.42 Å². The summed E-state index contributed by atoms with van der Waals surface area (Å²) < 4.78 is 29.6. The van der Waals surface area contributed by atoms with Crippen LogP contribution in [0.15, 0.2) is 22.7 Å². The lowest BCUT2D eigenvalue weighted by atomic mass is 9.85. The first-order chi connectivity index (χ1) is 9.21. The summed E-state index contributed by atoms with van der Waals surface area (Å²) in [5.41, 5.74) is 0.632. The second kappa shape index (κ2) is 7.14. The van der Waals surface area contributed by atoms with Crippen molar-refractivity contribution in [3.05, 3.63) is 28.2 Å². The summed E-state index contributed by atoms with van der Waals surface area (Å²) in [5, 5.41) is 0. The van der Waals surface area contributed by atoms with Crippen molar-refractivity contribution in [1.82, 2.24) is 0 Å². The zero-order valence-corrected chi connectivity index (χ0v) is 15.1. The van der Waals surface area contributed by atoms with Gasteiger partial charge in [-0.1, -0.05) is 29.8 Å². The molecule has 0 unspecified atom stereocenters. The van der Waals surface area contributed by atoms with E-state index in [-0.39, 0.29) is 5.75 Å². The predicted octanol–water partition coefficient (Wildman–Crippen LogP) is 4.51. The highest BCUT2D eigenvalue weighted by molar-refractivity contribution is 9.10. The molecule has 0 bridgehead atoms. The Balaban J connectivity index is 2.83. The normalized spacial score (nSPS) is 12.4. The summed E-state index contributed by atoms with van der Waals surface area (Å²) in [7, 11) is 1.87. The molecule has 0 saturated carbocycles. The van der Waals surface area contributed by atoms with Crippen molar-refractivity contribution >= 4 is 35.7 Å². The molecule has 0 aliphatic heterocycles. The van der Waals surface area contributed by atoms with Gasteiger partial charge in [-0.05, 0) is 43.5 Å². The Hall–Kier alpha value is -0.260. The Kier molecular flexibility index (Phi) is 6.35. The zero-order chi connectivity index (χ0) is 15.4. The number of hydrogen-bond donors (Lipinski definition) is 0. The molecular weight excluding hydrogens is 364 g/mol. The fourth-order valence-corrected chi connectivity index (χ4v) is 4.17. The topological polar surface area (TPSA) is 43.4 Å². The summed E-state index contributed by atoms with van der Waals surface area (Å²) in [6.45, 7) is 6.24. The average Bonchev–Trinajstić information content (AvgIpc) is 2.37. The second-order valence-electron chi connectivity index (χ2n) is 5.09. The van der Waals surface area contributed by atoms with Gasteiger partial charge in [0.25, 0.3) is 0 Å². The maximum atomic E-state index is 11.4. The fraction of sp³-hybridized carbons (Fsp3) is 0.571. The van der Waals surface area contributed by atoms with E-state index in [1.807, 2.05) is 39.0 Å². The molecule has 0 saturated heterocycles. The van der Waals surface area contributed by atoms with Gasteiger partial charge >= 0.3 is 0 Å². The van der Waals surface area contributed by atoms with Crippen LogP contribution in [0.25, 0.3) is 0 Å². The van der Waals surface area contributed by atoms with Gasteiger partial charge in [-0.15, -0.1) is 0 Å². The SMILES string of the molecule is CCC(CC)(COc1ccc(Br)c(C)c1)CS(=O)(=O)Cl. The molecule has 0 amide bonds. The van der Waals surface area contributed by atoms with Crippen LogP contribution in [0.1, 0.15) is 32.3 Å². The summed E-state index contributed by atoms with van der Waals surface area (Å²) in [5.74, 6) is 0.674. The molecule has 0 aliphatic rings. The molecular formula is C14H20BrClO3S. The quantitative estimate of drug-likeness (QED) is 0.651. The zero-order valence-electron chi connectivity index (χ0n) is 11.9. The molecule has 0 N–H and O–H groups in total. The molecule has 3 nitrogen and oxygen atoms in total. The van der Waals surface area contributed by atoms with Gasteiger partial charge in [0.2, 0.25) is 9.05 Å². The molecule has 114 valence electrons. The van der Waals surface area contributed by atoms with Crippen LogP contribution in [0.2, 0.25) is 0 Å². The van der Waals surface area contributed by atoms with E-state index in [0.717, 1.165) is 15.8 Å². The van der Waals surface area contributed by atoms with Crippen LogP contribution in [0.3, 0.4) is 0 Å². The molecule has 1 rings (SSSR count). The Bertz CT molecular complexity index is 554. The van der Waals surface area contributed by atoms with Gasteiger partial charge in [-0.3, -0.25) is 0 Å². The fourth-order valence-electron chi connectivity index (χ4n) is 2.01. The largest absolute Gasteiger partial charge is 0.493 e. The Morgan fingerprint density at radius 1 is 1.30 bits per heavy atom. The Morgan fingerprint density at radius 2 is 1.90 bits per heavy atom. The van der Waals surface area contributed by atoms with Crippen LogP contribution in [0.5, 0.6) is 5.75 Å². The smallest absolute Gasteiger partial charge is 0.233 e. The molecule has 0 heterocycles. The minimum absolute atomic E-state index is 0.0654. The van der Waals surface area contributed by atoms with Gasteiger partial charge in [-0.25, -0.2) is 8.42 Å². The number of halogens is 2. The molecule has 20 heavy (non-hydrogen) atoms. The molecule has 0 fully saturated rings. The van der Waals surface area contributed by atoms with Crippen molar-refractivity contribution < 1.29 is 13.2 Å². The second-order valence-corrected chi connectivity index (χ2v) is 8.72. The lowest BCUT2D eigenvalue weighted by molar-refractivity contribution is 0.155. The number of rotatable bonds is 7. The van der Waals surface area contributed by atoms with Crippen molar-refractivity contribution in [3.63, 3.8) is 0 Å². The lowest BCUT2D eigenvalue weighted by Gasteiger charge is -2.30. The van der Waals surface area contributed by atoms with Gasteiger partial charge in [0.1, 0.15) is 5.75 Å². The number of ether oxygens (including phenoxy) is 1. The van der Waals surface area contributed by atoms with Crippen molar-refractivity contribution in [2.75, 3.05) is 12.4 Å². The van der Waals surface area contributed by atoms with Crippen molar-refractivity contribution in [1.29, 1.82) is 0 Å². The van der Waals surface area contributed by atoms with Crippen LogP contribution >= 0.6 is 26.6 Å². The predicted molar refractivity (Wildman–Crippen MR) is 87.0 cm³/mol. The van der Waals surface area contributed by atoms with E-state index in [4.69, 9.17) is 15.4 Å². The van der Waals surface area contributed by atoms with Gasteiger partial charge in [0.05, 0.1) is 12.4 Å².